The fourth-order valence-electron chi connectivity index (χ4n) is 1.38. The Balaban J connectivity index is 2.79. The highest BCUT2D eigenvalue weighted by Crippen LogP contribution is 2.21. The summed E-state index contributed by atoms with van der Waals surface area (Å²) in [5.41, 5.74) is 0.509. The molecule has 0 aromatic heterocycles. The minimum atomic E-state index is -3.34. The van der Waals surface area contributed by atoms with Crippen molar-refractivity contribution in [1.82, 2.24) is 0 Å². The Kier molecular flexibility index (Phi) is 5.24. The van der Waals surface area contributed by atoms with E-state index >= 15 is 0 Å². The van der Waals surface area contributed by atoms with Gasteiger partial charge in [-0.05, 0) is 31.2 Å². The van der Waals surface area contributed by atoms with E-state index in [4.69, 9.17) is 23.2 Å². The van der Waals surface area contributed by atoms with Gasteiger partial charge in [-0.3, -0.25) is 4.79 Å². The van der Waals surface area contributed by atoms with Crippen LogP contribution in [0.2, 0.25) is 5.02 Å². The van der Waals surface area contributed by atoms with E-state index < -0.39 is 26.4 Å². The molecule has 1 N–H and O–H groups in total. The molecular weight excluding hydrogens is 309 g/mol. The molecule has 0 aliphatic carbocycles. The highest BCUT2D eigenvalue weighted by molar-refractivity contribution is 7.91. The van der Waals surface area contributed by atoms with E-state index in [2.05, 4.69) is 5.32 Å². The summed E-state index contributed by atoms with van der Waals surface area (Å²) >= 11 is 11.7. The molecule has 0 fully saturated rings. The summed E-state index contributed by atoms with van der Waals surface area (Å²) in [5.74, 6) is -1.02. The van der Waals surface area contributed by atoms with Gasteiger partial charge >= 0.3 is 0 Å². The van der Waals surface area contributed by atoms with Crippen molar-refractivity contribution < 1.29 is 13.2 Å². The lowest BCUT2D eigenvalue weighted by Gasteiger charge is -2.20. The molecule has 0 aliphatic heterocycles. The Morgan fingerprint density at radius 3 is 2.32 bits per heavy atom. The van der Waals surface area contributed by atoms with Gasteiger partial charge in [0.2, 0.25) is 5.91 Å². The van der Waals surface area contributed by atoms with Gasteiger partial charge in [0.05, 0.1) is 5.75 Å². The third-order valence-electron chi connectivity index (χ3n) is 2.51. The molecule has 1 atom stereocenters. The van der Waals surface area contributed by atoms with Gasteiger partial charge in [-0.1, -0.05) is 18.5 Å². The third kappa shape index (κ3) is 5.01. The average Bonchev–Trinajstić information content (AvgIpc) is 2.31. The number of sulfone groups is 1. The number of hydrogen-bond acceptors (Lipinski definition) is 3. The van der Waals surface area contributed by atoms with E-state index in [9.17, 15) is 13.2 Å². The quantitative estimate of drug-likeness (QED) is 0.847. The summed E-state index contributed by atoms with van der Waals surface area (Å²) in [6.45, 7) is 2.90. The molecule has 1 aromatic carbocycles. The molecule has 106 valence electrons. The Bertz CT molecular complexity index is 553. The van der Waals surface area contributed by atoms with Gasteiger partial charge < -0.3 is 5.32 Å². The molecule has 0 bridgehead atoms. The molecule has 19 heavy (non-hydrogen) atoms. The second-order valence-electron chi connectivity index (χ2n) is 4.34. The van der Waals surface area contributed by atoms with Gasteiger partial charge in [0.1, 0.15) is 4.87 Å². The number of alkyl halides is 1. The lowest BCUT2D eigenvalue weighted by molar-refractivity contribution is -0.117. The van der Waals surface area contributed by atoms with E-state index in [1.807, 2.05) is 0 Å². The number of hydrogen-bond donors (Lipinski definition) is 1. The van der Waals surface area contributed by atoms with Crippen molar-refractivity contribution >= 4 is 44.6 Å². The lowest BCUT2D eigenvalue weighted by Crippen LogP contribution is -2.41. The number of benzene rings is 1. The number of carbonyl (C=O) groups is 1. The van der Waals surface area contributed by atoms with Crippen molar-refractivity contribution in [2.75, 3.05) is 16.8 Å². The SMILES string of the molecule is CCS(=O)(=O)C[C@](C)(Cl)C(=O)Nc1ccc(Cl)cc1. The molecule has 0 saturated carbocycles. The molecule has 7 heteroatoms. The van der Waals surface area contributed by atoms with Gasteiger partial charge in [-0.25, -0.2) is 8.42 Å². The van der Waals surface area contributed by atoms with Crippen molar-refractivity contribution in [2.24, 2.45) is 0 Å². The Morgan fingerprint density at radius 2 is 1.84 bits per heavy atom. The van der Waals surface area contributed by atoms with Crippen LogP contribution >= 0.6 is 23.2 Å². The normalized spacial score (nSPS) is 14.7. The maximum Gasteiger partial charge on any atom is 0.246 e. The predicted octanol–water partition coefficient (Wildman–Crippen LogP) is 2.71. The zero-order valence-corrected chi connectivity index (χ0v) is 12.9. The van der Waals surface area contributed by atoms with Crippen LogP contribution in [0.5, 0.6) is 0 Å². The van der Waals surface area contributed by atoms with Crippen LogP contribution in [0.1, 0.15) is 13.8 Å². The zero-order valence-electron chi connectivity index (χ0n) is 10.6. The van der Waals surface area contributed by atoms with Crippen LogP contribution in [0.3, 0.4) is 0 Å². The van der Waals surface area contributed by atoms with Crippen molar-refractivity contribution in [2.45, 2.75) is 18.7 Å². The zero-order chi connectivity index (χ0) is 14.7. The van der Waals surface area contributed by atoms with E-state index in [1.165, 1.54) is 13.8 Å². The minimum absolute atomic E-state index is 0.0520. The van der Waals surface area contributed by atoms with Gasteiger partial charge in [-0.15, -0.1) is 11.6 Å². The van der Waals surface area contributed by atoms with Crippen LogP contribution in [0.4, 0.5) is 5.69 Å². The van der Waals surface area contributed by atoms with Crippen molar-refractivity contribution in [3.05, 3.63) is 29.3 Å². The second-order valence-corrected chi connectivity index (χ2v) is 7.96. The summed E-state index contributed by atoms with van der Waals surface area (Å²) in [6.07, 6.45) is 0. The van der Waals surface area contributed by atoms with E-state index in [1.54, 1.807) is 24.3 Å². The van der Waals surface area contributed by atoms with Crippen LogP contribution in [0, 0.1) is 0 Å². The molecule has 0 spiro atoms. The van der Waals surface area contributed by atoms with Crippen molar-refractivity contribution in [3.63, 3.8) is 0 Å². The number of anilines is 1. The minimum Gasteiger partial charge on any atom is -0.325 e. The maximum absolute atomic E-state index is 12.0. The summed E-state index contributed by atoms with van der Waals surface area (Å²) in [7, 11) is -3.34. The molecule has 0 heterocycles. The Morgan fingerprint density at radius 1 is 1.32 bits per heavy atom. The number of amides is 1. The van der Waals surface area contributed by atoms with Crippen molar-refractivity contribution in [1.29, 1.82) is 0 Å². The van der Waals surface area contributed by atoms with E-state index in [0.29, 0.717) is 10.7 Å². The topological polar surface area (TPSA) is 63.2 Å². The van der Waals surface area contributed by atoms with E-state index in [-0.39, 0.29) is 5.75 Å². The van der Waals surface area contributed by atoms with Crippen LogP contribution < -0.4 is 5.32 Å². The molecule has 1 aromatic rings. The Hall–Kier alpha value is -0.780. The highest BCUT2D eigenvalue weighted by Gasteiger charge is 2.35. The van der Waals surface area contributed by atoms with Gasteiger partial charge in [0.25, 0.3) is 0 Å². The first kappa shape index (κ1) is 16.3. The van der Waals surface area contributed by atoms with E-state index in [0.717, 1.165) is 0 Å². The van der Waals surface area contributed by atoms with Crippen LogP contribution in [-0.2, 0) is 14.6 Å². The summed E-state index contributed by atoms with van der Waals surface area (Å²) in [6, 6.07) is 6.46. The molecule has 0 aliphatic rings. The van der Waals surface area contributed by atoms with Crippen molar-refractivity contribution in [3.8, 4) is 0 Å². The highest BCUT2D eigenvalue weighted by atomic mass is 35.5. The number of rotatable bonds is 5. The number of halogens is 2. The molecule has 4 nitrogen and oxygen atoms in total. The monoisotopic (exact) mass is 323 g/mol. The smallest absolute Gasteiger partial charge is 0.246 e. The fraction of sp³-hybridized carbons (Fsp3) is 0.417. The first-order chi connectivity index (χ1) is 8.66. The second kappa shape index (κ2) is 6.11. The average molecular weight is 324 g/mol. The molecule has 1 amide bonds. The molecule has 0 unspecified atom stereocenters. The van der Waals surface area contributed by atoms with Crippen LogP contribution in [-0.4, -0.2) is 30.7 Å². The van der Waals surface area contributed by atoms with Gasteiger partial charge in [0.15, 0.2) is 9.84 Å². The molecular formula is C12H15Cl2NO3S. The summed E-state index contributed by atoms with van der Waals surface area (Å²) < 4.78 is 23.1. The molecule has 0 saturated heterocycles. The van der Waals surface area contributed by atoms with Gasteiger partial charge in [0, 0.05) is 16.5 Å². The fourth-order valence-corrected chi connectivity index (χ4v) is 3.21. The van der Waals surface area contributed by atoms with Gasteiger partial charge in [-0.2, -0.15) is 0 Å². The lowest BCUT2D eigenvalue weighted by atomic mass is 10.2. The number of nitrogens with one attached hydrogen (secondary N) is 1. The molecule has 0 radical (unpaired) electrons. The third-order valence-corrected chi connectivity index (χ3v) is 5.12. The Labute approximate surface area is 123 Å². The number of carbonyl (C=O) groups excluding carboxylic acids is 1. The van der Waals surface area contributed by atoms with Crippen LogP contribution in [0.25, 0.3) is 0 Å². The summed E-state index contributed by atoms with van der Waals surface area (Å²) in [4.78, 5) is 10.5. The first-order valence-corrected chi connectivity index (χ1v) is 8.20. The standard InChI is InChI=1S/C12H15Cl2NO3S/c1-3-19(17,18)8-12(2,14)11(16)15-10-6-4-9(13)5-7-10/h4-7H,3,8H2,1-2H3,(H,15,16)/t12-/m0/s1. The molecule has 1 rings (SSSR count). The predicted molar refractivity (Wildman–Crippen MR) is 78.7 cm³/mol. The maximum atomic E-state index is 12.0. The summed E-state index contributed by atoms with van der Waals surface area (Å²) in [5, 5.41) is 3.10. The largest absolute Gasteiger partial charge is 0.325 e. The first-order valence-electron chi connectivity index (χ1n) is 5.62. The van der Waals surface area contributed by atoms with Crippen LogP contribution in [0.15, 0.2) is 24.3 Å².